The Morgan fingerprint density at radius 2 is 1.93 bits per heavy atom. The average molecular weight is 398 g/mol. The SMILES string of the molecule is COc1cccc(/C=C2/Oc3c(ccc(O)c3C[NH+]3CCOCC3)C2=O)c1OC. The van der Waals surface area contributed by atoms with Crippen LogP contribution in [-0.4, -0.2) is 51.4 Å². The zero-order valence-corrected chi connectivity index (χ0v) is 16.5. The minimum Gasteiger partial charge on any atom is -0.507 e. The predicted molar refractivity (Wildman–Crippen MR) is 106 cm³/mol. The van der Waals surface area contributed by atoms with Crippen molar-refractivity contribution < 1.29 is 33.7 Å². The third-order valence-electron chi connectivity index (χ3n) is 5.26. The van der Waals surface area contributed by atoms with Gasteiger partial charge in [0.15, 0.2) is 23.0 Å². The Morgan fingerprint density at radius 1 is 1.14 bits per heavy atom. The van der Waals surface area contributed by atoms with Crippen molar-refractivity contribution in [2.75, 3.05) is 40.5 Å². The fraction of sp³-hybridized carbons (Fsp3) is 0.318. The van der Waals surface area contributed by atoms with Crippen LogP contribution in [0.15, 0.2) is 36.1 Å². The number of ether oxygens (including phenoxy) is 4. The van der Waals surface area contributed by atoms with Gasteiger partial charge in [0.25, 0.3) is 0 Å². The molecule has 0 atom stereocenters. The third kappa shape index (κ3) is 3.66. The van der Waals surface area contributed by atoms with Crippen LogP contribution in [-0.2, 0) is 11.3 Å². The number of Topliss-reactive ketones (excluding diaryl/α,β-unsaturated/α-hetero) is 1. The number of phenolic OH excluding ortho intramolecular Hbond substituents is 1. The van der Waals surface area contributed by atoms with Crippen molar-refractivity contribution >= 4 is 11.9 Å². The zero-order valence-electron chi connectivity index (χ0n) is 16.5. The number of hydrogen-bond donors (Lipinski definition) is 2. The molecule has 0 saturated carbocycles. The van der Waals surface area contributed by atoms with Crippen LogP contribution in [0.1, 0.15) is 21.5 Å². The van der Waals surface area contributed by atoms with E-state index in [0.29, 0.717) is 53.7 Å². The van der Waals surface area contributed by atoms with E-state index in [2.05, 4.69) is 0 Å². The molecule has 0 unspecified atom stereocenters. The average Bonchev–Trinajstić information content (AvgIpc) is 3.06. The molecule has 0 bridgehead atoms. The normalized spacial score (nSPS) is 17.9. The van der Waals surface area contributed by atoms with Gasteiger partial charge >= 0.3 is 0 Å². The predicted octanol–water partition coefficient (Wildman–Crippen LogP) is 1.44. The second-order valence-corrected chi connectivity index (χ2v) is 7.00. The Morgan fingerprint density at radius 3 is 2.66 bits per heavy atom. The number of carbonyl (C=O) groups is 1. The zero-order chi connectivity index (χ0) is 20.4. The van der Waals surface area contributed by atoms with Gasteiger partial charge in [-0.2, -0.15) is 0 Å². The van der Waals surface area contributed by atoms with Crippen molar-refractivity contribution in [2.45, 2.75) is 6.54 Å². The number of para-hydroxylation sites is 1. The number of fused-ring (bicyclic) bond motifs is 1. The van der Waals surface area contributed by atoms with Gasteiger partial charge in [-0.3, -0.25) is 4.79 Å². The summed E-state index contributed by atoms with van der Waals surface area (Å²) < 4.78 is 22.1. The summed E-state index contributed by atoms with van der Waals surface area (Å²) in [5.41, 5.74) is 1.78. The van der Waals surface area contributed by atoms with Crippen molar-refractivity contribution in [3.8, 4) is 23.0 Å². The number of allylic oxidation sites excluding steroid dienone is 1. The summed E-state index contributed by atoms with van der Waals surface area (Å²) in [4.78, 5) is 14.2. The Hall–Kier alpha value is -3.03. The lowest BCUT2D eigenvalue weighted by Gasteiger charge is -2.24. The third-order valence-corrected chi connectivity index (χ3v) is 5.26. The summed E-state index contributed by atoms with van der Waals surface area (Å²) in [6.07, 6.45) is 1.64. The summed E-state index contributed by atoms with van der Waals surface area (Å²) in [5.74, 6) is 1.63. The lowest BCUT2D eigenvalue weighted by molar-refractivity contribution is -0.921. The highest BCUT2D eigenvalue weighted by atomic mass is 16.5. The maximum Gasteiger partial charge on any atom is 0.231 e. The lowest BCUT2D eigenvalue weighted by Crippen LogP contribution is -3.12. The van der Waals surface area contributed by atoms with Gasteiger partial charge in [0.05, 0.1) is 38.6 Å². The quantitative estimate of drug-likeness (QED) is 0.743. The Balaban J connectivity index is 1.68. The Bertz CT molecular complexity index is 962. The molecule has 0 aliphatic carbocycles. The second-order valence-electron chi connectivity index (χ2n) is 7.00. The summed E-state index contributed by atoms with van der Waals surface area (Å²) in [7, 11) is 3.11. The molecule has 2 aliphatic rings. The maximum atomic E-state index is 12.9. The first-order chi connectivity index (χ1) is 14.1. The summed E-state index contributed by atoms with van der Waals surface area (Å²) >= 11 is 0. The number of phenols is 1. The fourth-order valence-electron chi connectivity index (χ4n) is 3.72. The van der Waals surface area contributed by atoms with Gasteiger partial charge in [0, 0.05) is 5.56 Å². The number of aromatic hydroxyl groups is 1. The van der Waals surface area contributed by atoms with Gasteiger partial charge in [-0.05, 0) is 24.3 Å². The van der Waals surface area contributed by atoms with E-state index in [4.69, 9.17) is 18.9 Å². The van der Waals surface area contributed by atoms with Gasteiger partial charge in [-0.1, -0.05) is 12.1 Å². The largest absolute Gasteiger partial charge is 0.507 e. The molecular weight excluding hydrogens is 374 g/mol. The van der Waals surface area contributed by atoms with Crippen molar-refractivity contribution in [3.63, 3.8) is 0 Å². The minimum absolute atomic E-state index is 0.135. The topological polar surface area (TPSA) is 78.7 Å². The number of nitrogens with one attached hydrogen (secondary N) is 1. The van der Waals surface area contributed by atoms with Crippen LogP contribution < -0.4 is 19.1 Å². The number of carbonyl (C=O) groups excluding carboxylic acids is 1. The highest BCUT2D eigenvalue weighted by Gasteiger charge is 2.33. The smallest absolute Gasteiger partial charge is 0.231 e. The highest BCUT2D eigenvalue weighted by molar-refractivity contribution is 6.15. The van der Waals surface area contributed by atoms with Crippen molar-refractivity contribution in [1.29, 1.82) is 0 Å². The van der Waals surface area contributed by atoms with Crippen molar-refractivity contribution in [2.24, 2.45) is 0 Å². The van der Waals surface area contributed by atoms with Crippen LogP contribution >= 0.6 is 0 Å². The Kier molecular flexibility index (Phi) is 5.42. The molecule has 2 aromatic carbocycles. The van der Waals surface area contributed by atoms with Crippen LogP contribution in [0.4, 0.5) is 0 Å². The molecule has 29 heavy (non-hydrogen) atoms. The molecular formula is C22H24NO6+. The molecule has 7 heteroatoms. The highest BCUT2D eigenvalue weighted by Crippen LogP contribution is 2.40. The van der Waals surface area contributed by atoms with E-state index in [1.807, 2.05) is 12.1 Å². The number of morpholine rings is 1. The summed E-state index contributed by atoms with van der Waals surface area (Å²) in [6, 6.07) is 8.59. The number of methoxy groups -OCH3 is 2. The molecule has 0 aromatic heterocycles. The van der Waals surface area contributed by atoms with E-state index in [9.17, 15) is 9.90 Å². The van der Waals surface area contributed by atoms with Crippen LogP contribution in [0, 0.1) is 0 Å². The standard InChI is InChI=1S/C22H23NO6/c1-26-18-5-3-4-14(21(18)27-2)12-19-20(25)15-6-7-17(24)16(22(15)29-19)13-23-8-10-28-11-9-23/h3-7,12,24H,8-11,13H2,1-2H3/p+1/b19-12+. The molecule has 2 aliphatic heterocycles. The minimum atomic E-state index is -0.219. The number of quaternary nitrogens is 1. The molecule has 0 spiro atoms. The molecule has 2 aromatic rings. The molecule has 1 fully saturated rings. The van der Waals surface area contributed by atoms with E-state index >= 15 is 0 Å². The van der Waals surface area contributed by atoms with Crippen molar-refractivity contribution in [1.82, 2.24) is 0 Å². The molecule has 2 heterocycles. The Labute approximate surface area is 169 Å². The van der Waals surface area contributed by atoms with E-state index in [0.717, 1.165) is 13.1 Å². The van der Waals surface area contributed by atoms with E-state index in [1.165, 1.54) is 4.90 Å². The van der Waals surface area contributed by atoms with Gasteiger partial charge < -0.3 is 29.0 Å². The fourth-order valence-corrected chi connectivity index (χ4v) is 3.72. The lowest BCUT2D eigenvalue weighted by atomic mass is 10.0. The first kappa shape index (κ1) is 19.3. The molecule has 7 nitrogen and oxygen atoms in total. The molecule has 1 saturated heterocycles. The van der Waals surface area contributed by atoms with E-state index in [-0.39, 0.29) is 17.3 Å². The van der Waals surface area contributed by atoms with Crippen LogP contribution in [0.25, 0.3) is 6.08 Å². The summed E-state index contributed by atoms with van der Waals surface area (Å²) in [5, 5.41) is 10.4. The molecule has 4 rings (SSSR count). The van der Waals surface area contributed by atoms with Crippen LogP contribution in [0.3, 0.4) is 0 Å². The monoisotopic (exact) mass is 398 g/mol. The van der Waals surface area contributed by atoms with Gasteiger partial charge in [0.2, 0.25) is 5.78 Å². The first-order valence-corrected chi connectivity index (χ1v) is 9.53. The summed E-state index contributed by atoms with van der Waals surface area (Å²) in [6.45, 7) is 3.64. The van der Waals surface area contributed by atoms with Gasteiger partial charge in [-0.25, -0.2) is 0 Å². The molecule has 152 valence electrons. The maximum absolute atomic E-state index is 12.9. The number of ketones is 1. The van der Waals surface area contributed by atoms with Crippen molar-refractivity contribution in [3.05, 3.63) is 52.8 Å². The van der Waals surface area contributed by atoms with E-state index < -0.39 is 0 Å². The number of hydrogen-bond acceptors (Lipinski definition) is 6. The number of rotatable bonds is 5. The molecule has 0 radical (unpaired) electrons. The van der Waals surface area contributed by atoms with Gasteiger partial charge in [0.1, 0.15) is 25.4 Å². The first-order valence-electron chi connectivity index (χ1n) is 9.53. The van der Waals surface area contributed by atoms with Crippen LogP contribution in [0.2, 0.25) is 0 Å². The van der Waals surface area contributed by atoms with Gasteiger partial charge in [-0.15, -0.1) is 0 Å². The second kappa shape index (κ2) is 8.14. The van der Waals surface area contributed by atoms with Crippen LogP contribution in [0.5, 0.6) is 23.0 Å². The van der Waals surface area contributed by atoms with E-state index in [1.54, 1.807) is 38.5 Å². The molecule has 2 N–H and O–H groups in total. The molecule has 0 amide bonds. The number of benzene rings is 2.